The second-order valence-electron chi connectivity index (χ2n) is 4.09. The van der Waals surface area contributed by atoms with E-state index in [1.807, 2.05) is 30.9 Å². The molecule has 1 aromatic heterocycles. The standard InChI is InChI=1S/C11H16N2O2/c1-3-15-11(14)10-4-9(10)7-13-6-8(2)5-12-13/h5-6,9-10H,3-4,7H2,1-2H3. The fourth-order valence-electron chi connectivity index (χ4n) is 1.79. The number of rotatable bonds is 4. The normalized spacial score (nSPS) is 23.9. The van der Waals surface area contributed by atoms with Gasteiger partial charge in [-0.15, -0.1) is 0 Å². The number of hydrogen-bond donors (Lipinski definition) is 0. The Morgan fingerprint density at radius 1 is 1.73 bits per heavy atom. The first-order valence-electron chi connectivity index (χ1n) is 5.36. The number of hydrogen-bond acceptors (Lipinski definition) is 3. The Bertz CT molecular complexity index is 359. The molecular formula is C11H16N2O2. The van der Waals surface area contributed by atoms with E-state index in [1.54, 1.807) is 0 Å². The molecule has 0 N–H and O–H groups in total. The first-order valence-corrected chi connectivity index (χ1v) is 5.36. The van der Waals surface area contributed by atoms with Crippen LogP contribution in [-0.2, 0) is 16.1 Å². The molecule has 1 aliphatic rings. The summed E-state index contributed by atoms with van der Waals surface area (Å²) in [6, 6.07) is 0. The molecular weight excluding hydrogens is 192 g/mol. The van der Waals surface area contributed by atoms with Gasteiger partial charge in [0.2, 0.25) is 0 Å². The van der Waals surface area contributed by atoms with Crippen LogP contribution in [0.3, 0.4) is 0 Å². The van der Waals surface area contributed by atoms with Crippen LogP contribution in [0.4, 0.5) is 0 Å². The minimum absolute atomic E-state index is 0.0496. The maximum Gasteiger partial charge on any atom is 0.309 e. The van der Waals surface area contributed by atoms with E-state index in [1.165, 1.54) is 0 Å². The van der Waals surface area contributed by atoms with E-state index in [0.29, 0.717) is 12.5 Å². The van der Waals surface area contributed by atoms with Gasteiger partial charge in [0.25, 0.3) is 0 Å². The van der Waals surface area contributed by atoms with Crippen LogP contribution in [0, 0.1) is 18.8 Å². The van der Waals surface area contributed by atoms with Crippen LogP contribution in [-0.4, -0.2) is 22.4 Å². The Kier molecular flexibility index (Phi) is 2.75. The third-order valence-electron chi connectivity index (χ3n) is 2.70. The van der Waals surface area contributed by atoms with Crippen molar-refractivity contribution in [3.63, 3.8) is 0 Å². The van der Waals surface area contributed by atoms with Crippen molar-refractivity contribution in [1.82, 2.24) is 9.78 Å². The lowest BCUT2D eigenvalue weighted by atomic mass is 10.3. The van der Waals surface area contributed by atoms with Gasteiger partial charge >= 0.3 is 5.97 Å². The van der Waals surface area contributed by atoms with Gasteiger partial charge in [-0.1, -0.05) is 0 Å². The Balaban J connectivity index is 1.82. The zero-order chi connectivity index (χ0) is 10.8. The summed E-state index contributed by atoms with van der Waals surface area (Å²) in [6.45, 7) is 5.16. The van der Waals surface area contributed by atoms with E-state index in [4.69, 9.17) is 4.74 Å². The maximum atomic E-state index is 11.4. The highest BCUT2D eigenvalue weighted by Crippen LogP contribution is 2.40. The molecule has 0 saturated heterocycles. The summed E-state index contributed by atoms with van der Waals surface area (Å²) in [5.41, 5.74) is 1.16. The predicted octanol–water partition coefficient (Wildman–Crippen LogP) is 1.39. The van der Waals surface area contributed by atoms with E-state index < -0.39 is 0 Å². The molecule has 0 spiro atoms. The van der Waals surface area contributed by atoms with Gasteiger partial charge in [-0.25, -0.2) is 0 Å². The van der Waals surface area contributed by atoms with Crippen molar-refractivity contribution in [2.24, 2.45) is 11.8 Å². The monoisotopic (exact) mass is 208 g/mol. The molecule has 1 fully saturated rings. The molecule has 1 aliphatic carbocycles. The molecule has 1 heterocycles. The molecule has 0 amide bonds. The van der Waals surface area contributed by atoms with Gasteiger partial charge in [0.05, 0.1) is 18.7 Å². The summed E-state index contributed by atoms with van der Waals surface area (Å²) in [5, 5.41) is 4.20. The lowest BCUT2D eigenvalue weighted by molar-refractivity contribution is -0.145. The topological polar surface area (TPSA) is 44.1 Å². The molecule has 0 radical (unpaired) electrons. The van der Waals surface area contributed by atoms with Crippen LogP contribution in [0.5, 0.6) is 0 Å². The molecule has 4 nitrogen and oxygen atoms in total. The van der Waals surface area contributed by atoms with Crippen molar-refractivity contribution >= 4 is 5.97 Å². The van der Waals surface area contributed by atoms with Gasteiger partial charge in [-0.05, 0) is 31.7 Å². The average molecular weight is 208 g/mol. The Morgan fingerprint density at radius 3 is 3.13 bits per heavy atom. The zero-order valence-electron chi connectivity index (χ0n) is 9.14. The Morgan fingerprint density at radius 2 is 2.53 bits per heavy atom. The fourth-order valence-corrected chi connectivity index (χ4v) is 1.79. The highest BCUT2D eigenvalue weighted by molar-refractivity contribution is 5.75. The second-order valence-corrected chi connectivity index (χ2v) is 4.09. The minimum atomic E-state index is -0.0496. The van der Waals surface area contributed by atoms with Gasteiger partial charge in [-0.2, -0.15) is 5.10 Å². The summed E-state index contributed by atoms with van der Waals surface area (Å²) in [4.78, 5) is 11.4. The van der Waals surface area contributed by atoms with Crippen molar-refractivity contribution < 1.29 is 9.53 Å². The van der Waals surface area contributed by atoms with Crippen molar-refractivity contribution in [2.75, 3.05) is 6.61 Å². The number of ether oxygens (including phenoxy) is 1. The van der Waals surface area contributed by atoms with Crippen molar-refractivity contribution in [3.8, 4) is 0 Å². The summed E-state index contributed by atoms with van der Waals surface area (Å²) in [6.07, 6.45) is 4.78. The first kappa shape index (κ1) is 10.2. The fraction of sp³-hybridized carbons (Fsp3) is 0.636. The summed E-state index contributed by atoms with van der Waals surface area (Å²) in [7, 11) is 0. The third-order valence-corrected chi connectivity index (χ3v) is 2.70. The number of nitrogens with zero attached hydrogens (tertiary/aromatic N) is 2. The van der Waals surface area contributed by atoms with E-state index in [2.05, 4.69) is 5.10 Å². The Hall–Kier alpha value is -1.32. The van der Waals surface area contributed by atoms with Crippen LogP contribution >= 0.6 is 0 Å². The van der Waals surface area contributed by atoms with Crippen LogP contribution in [0.25, 0.3) is 0 Å². The summed E-state index contributed by atoms with van der Waals surface area (Å²) >= 11 is 0. The quantitative estimate of drug-likeness (QED) is 0.702. The predicted molar refractivity (Wildman–Crippen MR) is 55.2 cm³/mol. The number of carbonyl (C=O) groups is 1. The van der Waals surface area contributed by atoms with Gasteiger partial charge in [0, 0.05) is 12.7 Å². The lowest BCUT2D eigenvalue weighted by Crippen LogP contribution is -2.10. The number of esters is 1. The van der Waals surface area contributed by atoms with Crippen LogP contribution in [0.2, 0.25) is 0 Å². The summed E-state index contributed by atoms with van der Waals surface area (Å²) in [5.74, 6) is 0.476. The molecule has 2 rings (SSSR count). The summed E-state index contributed by atoms with van der Waals surface area (Å²) < 4.78 is 6.87. The van der Waals surface area contributed by atoms with E-state index >= 15 is 0 Å². The zero-order valence-corrected chi connectivity index (χ0v) is 9.14. The Labute approximate surface area is 89.2 Å². The number of aryl methyl sites for hydroxylation is 1. The SMILES string of the molecule is CCOC(=O)C1CC1Cn1cc(C)cn1. The van der Waals surface area contributed by atoms with E-state index in [-0.39, 0.29) is 11.9 Å². The lowest BCUT2D eigenvalue weighted by Gasteiger charge is -2.01. The van der Waals surface area contributed by atoms with Gasteiger partial charge in [-0.3, -0.25) is 9.48 Å². The molecule has 0 aromatic carbocycles. The maximum absolute atomic E-state index is 11.4. The molecule has 15 heavy (non-hydrogen) atoms. The van der Waals surface area contributed by atoms with Crippen LogP contribution in [0.1, 0.15) is 18.9 Å². The van der Waals surface area contributed by atoms with E-state index in [0.717, 1.165) is 18.5 Å². The molecule has 2 unspecified atom stereocenters. The smallest absolute Gasteiger partial charge is 0.309 e. The molecule has 0 aliphatic heterocycles. The number of aromatic nitrogens is 2. The largest absolute Gasteiger partial charge is 0.466 e. The van der Waals surface area contributed by atoms with Gasteiger partial charge < -0.3 is 4.74 Å². The van der Waals surface area contributed by atoms with Gasteiger partial charge in [0.15, 0.2) is 0 Å². The van der Waals surface area contributed by atoms with Crippen molar-refractivity contribution in [1.29, 1.82) is 0 Å². The third kappa shape index (κ3) is 2.37. The van der Waals surface area contributed by atoms with Crippen molar-refractivity contribution in [2.45, 2.75) is 26.8 Å². The highest BCUT2D eigenvalue weighted by Gasteiger charge is 2.44. The molecule has 82 valence electrons. The van der Waals surface area contributed by atoms with Crippen molar-refractivity contribution in [3.05, 3.63) is 18.0 Å². The highest BCUT2D eigenvalue weighted by atomic mass is 16.5. The molecule has 0 bridgehead atoms. The van der Waals surface area contributed by atoms with E-state index in [9.17, 15) is 4.79 Å². The molecule has 1 saturated carbocycles. The first-order chi connectivity index (χ1) is 7.20. The molecule has 4 heteroatoms. The molecule has 1 aromatic rings. The molecule has 2 atom stereocenters. The van der Waals surface area contributed by atoms with Crippen LogP contribution < -0.4 is 0 Å². The minimum Gasteiger partial charge on any atom is -0.466 e. The van der Waals surface area contributed by atoms with Gasteiger partial charge in [0.1, 0.15) is 0 Å². The number of carbonyl (C=O) groups excluding carboxylic acids is 1. The second kappa shape index (κ2) is 4.04. The van der Waals surface area contributed by atoms with Crippen LogP contribution in [0.15, 0.2) is 12.4 Å². The average Bonchev–Trinajstić information content (AvgIpc) is 2.83.